The van der Waals surface area contributed by atoms with Crippen molar-refractivity contribution in [3.05, 3.63) is 35.4 Å². The molecule has 0 radical (unpaired) electrons. The molecule has 1 heterocycles. The maximum Gasteiger partial charge on any atom is 0.490 e. The van der Waals surface area contributed by atoms with E-state index < -0.39 is 12.1 Å². The predicted octanol–water partition coefficient (Wildman–Crippen LogP) is 2.57. The number of alkyl halides is 3. The van der Waals surface area contributed by atoms with Crippen LogP contribution in [-0.2, 0) is 16.0 Å². The van der Waals surface area contributed by atoms with Crippen molar-refractivity contribution in [3.63, 3.8) is 0 Å². The fraction of sp³-hybridized carbons (Fsp3) is 0.529. The van der Waals surface area contributed by atoms with Crippen LogP contribution in [-0.4, -0.2) is 35.7 Å². The zero-order chi connectivity index (χ0) is 18.4. The second kappa shape index (κ2) is 8.33. The highest BCUT2D eigenvalue weighted by atomic mass is 19.4. The number of benzene rings is 1. The van der Waals surface area contributed by atoms with Gasteiger partial charge in [0.15, 0.2) is 0 Å². The van der Waals surface area contributed by atoms with Gasteiger partial charge in [0, 0.05) is 0 Å². The number of fused-ring (bicyclic) bond motifs is 1. The van der Waals surface area contributed by atoms with Crippen LogP contribution in [0.3, 0.4) is 0 Å². The highest BCUT2D eigenvalue weighted by molar-refractivity contribution is 5.82. The number of aliphatic carboxylic acids is 1. The topological polar surface area (TPSA) is 78.4 Å². The maximum absolute atomic E-state index is 12.1. The Hall–Kier alpha value is -2.09. The quantitative estimate of drug-likeness (QED) is 0.759. The molecule has 0 unspecified atom stereocenters. The fourth-order valence-electron chi connectivity index (χ4n) is 3.08. The van der Waals surface area contributed by atoms with Gasteiger partial charge in [-0.1, -0.05) is 24.3 Å². The maximum atomic E-state index is 12.1. The lowest BCUT2D eigenvalue weighted by atomic mass is 9.87. The van der Waals surface area contributed by atoms with Gasteiger partial charge in [-0.05, 0) is 49.8 Å². The Labute approximate surface area is 143 Å². The molecule has 138 valence electrons. The Kier molecular flexibility index (Phi) is 6.41. The van der Waals surface area contributed by atoms with Gasteiger partial charge >= 0.3 is 12.1 Å². The summed E-state index contributed by atoms with van der Waals surface area (Å²) in [6.45, 7) is 0.972. The second-order valence-corrected chi connectivity index (χ2v) is 6.10. The summed E-state index contributed by atoms with van der Waals surface area (Å²) >= 11 is 0. The number of hydrogen-bond acceptors (Lipinski definition) is 3. The number of hydrogen-bond donors (Lipinski definition) is 3. The van der Waals surface area contributed by atoms with Crippen molar-refractivity contribution in [1.29, 1.82) is 0 Å². The molecule has 1 fully saturated rings. The molecule has 0 saturated carbocycles. The van der Waals surface area contributed by atoms with Crippen LogP contribution in [0.15, 0.2) is 24.3 Å². The van der Waals surface area contributed by atoms with E-state index >= 15 is 0 Å². The zero-order valence-electron chi connectivity index (χ0n) is 13.6. The van der Waals surface area contributed by atoms with E-state index in [2.05, 4.69) is 34.9 Å². The molecule has 1 aliphatic carbocycles. The van der Waals surface area contributed by atoms with Gasteiger partial charge in [-0.15, -0.1) is 0 Å². The first kappa shape index (κ1) is 19.2. The largest absolute Gasteiger partial charge is 0.490 e. The molecular formula is C17H21F3N2O3. The van der Waals surface area contributed by atoms with E-state index in [1.165, 1.54) is 17.5 Å². The summed E-state index contributed by atoms with van der Waals surface area (Å²) in [6.07, 6.45) is 0.374. The first-order chi connectivity index (χ1) is 11.8. The summed E-state index contributed by atoms with van der Waals surface area (Å²) in [5.74, 6) is -2.58. The van der Waals surface area contributed by atoms with Gasteiger partial charge in [0.2, 0.25) is 5.91 Å². The average molecular weight is 358 g/mol. The van der Waals surface area contributed by atoms with E-state index in [1.54, 1.807) is 0 Å². The zero-order valence-corrected chi connectivity index (χ0v) is 13.6. The summed E-state index contributed by atoms with van der Waals surface area (Å²) in [5.41, 5.74) is 2.71. The molecule has 3 rings (SSSR count). The third-order valence-corrected chi connectivity index (χ3v) is 4.31. The standard InChI is InChI=1S/C15H20N2O.C2HF3O2/c18-15(14-9-4-10-16-14)17-13-8-3-6-11-5-1-2-7-12(11)13;3-2(4,5)1(6)7/h1-2,5,7,13-14,16H,3-4,6,8-10H2,(H,17,18);(H,6,7)/t13-,14+;/m1./s1. The Morgan fingerprint density at radius 1 is 1.16 bits per heavy atom. The van der Waals surface area contributed by atoms with Crippen LogP contribution >= 0.6 is 0 Å². The summed E-state index contributed by atoms with van der Waals surface area (Å²) in [5, 5.41) is 13.6. The second-order valence-electron chi connectivity index (χ2n) is 6.10. The smallest absolute Gasteiger partial charge is 0.475 e. The summed E-state index contributed by atoms with van der Waals surface area (Å²) in [6, 6.07) is 8.73. The Bertz CT molecular complexity index is 613. The van der Waals surface area contributed by atoms with Gasteiger partial charge in [-0.2, -0.15) is 13.2 Å². The van der Waals surface area contributed by atoms with Crippen LogP contribution in [0.25, 0.3) is 0 Å². The monoisotopic (exact) mass is 358 g/mol. The van der Waals surface area contributed by atoms with Gasteiger partial charge in [0.1, 0.15) is 0 Å². The fourth-order valence-corrected chi connectivity index (χ4v) is 3.08. The van der Waals surface area contributed by atoms with Crippen molar-refractivity contribution >= 4 is 11.9 Å². The van der Waals surface area contributed by atoms with Crippen LogP contribution in [0.4, 0.5) is 13.2 Å². The third kappa shape index (κ3) is 5.45. The molecule has 3 N–H and O–H groups in total. The molecular weight excluding hydrogens is 337 g/mol. The lowest BCUT2D eigenvalue weighted by Crippen LogP contribution is -2.42. The number of rotatable bonds is 2. The minimum Gasteiger partial charge on any atom is -0.475 e. The average Bonchev–Trinajstić information content (AvgIpc) is 3.09. The van der Waals surface area contributed by atoms with E-state index in [1.807, 2.05) is 0 Å². The number of aryl methyl sites for hydroxylation is 1. The van der Waals surface area contributed by atoms with E-state index in [0.717, 1.165) is 32.2 Å². The summed E-state index contributed by atoms with van der Waals surface area (Å²) < 4.78 is 31.7. The molecule has 8 heteroatoms. The molecule has 1 amide bonds. The van der Waals surface area contributed by atoms with Gasteiger partial charge in [0.25, 0.3) is 0 Å². The number of carbonyl (C=O) groups excluding carboxylic acids is 1. The van der Waals surface area contributed by atoms with Crippen LogP contribution < -0.4 is 10.6 Å². The van der Waals surface area contributed by atoms with Crippen molar-refractivity contribution < 1.29 is 27.9 Å². The minimum atomic E-state index is -5.08. The van der Waals surface area contributed by atoms with Gasteiger partial charge in [-0.25, -0.2) is 4.79 Å². The molecule has 2 atom stereocenters. The van der Waals surface area contributed by atoms with E-state index in [4.69, 9.17) is 9.90 Å². The van der Waals surface area contributed by atoms with Crippen molar-refractivity contribution in [1.82, 2.24) is 10.6 Å². The number of carboxylic acids is 1. The number of nitrogens with one attached hydrogen (secondary N) is 2. The highest BCUT2D eigenvalue weighted by Gasteiger charge is 2.38. The molecule has 1 aromatic carbocycles. The van der Waals surface area contributed by atoms with Crippen molar-refractivity contribution in [2.45, 2.75) is 50.4 Å². The molecule has 25 heavy (non-hydrogen) atoms. The van der Waals surface area contributed by atoms with Gasteiger partial charge in [-0.3, -0.25) is 4.79 Å². The number of amides is 1. The first-order valence-electron chi connectivity index (χ1n) is 8.20. The number of carbonyl (C=O) groups is 2. The molecule has 1 saturated heterocycles. The predicted molar refractivity (Wildman–Crippen MR) is 85.0 cm³/mol. The van der Waals surface area contributed by atoms with E-state index in [0.29, 0.717) is 0 Å². The summed E-state index contributed by atoms with van der Waals surface area (Å²) in [4.78, 5) is 21.0. The van der Waals surface area contributed by atoms with Gasteiger partial charge < -0.3 is 15.7 Å². The molecule has 0 aromatic heterocycles. The minimum absolute atomic E-state index is 0.0269. The molecule has 2 aliphatic rings. The van der Waals surface area contributed by atoms with Gasteiger partial charge in [0.05, 0.1) is 12.1 Å². The Morgan fingerprint density at radius 3 is 2.44 bits per heavy atom. The van der Waals surface area contributed by atoms with Crippen LogP contribution in [0.2, 0.25) is 0 Å². The SMILES string of the molecule is O=C(N[C@@H]1CCCc2ccccc21)[C@@H]1CCCN1.O=C(O)C(F)(F)F. The normalized spacial score (nSPS) is 22.4. The highest BCUT2D eigenvalue weighted by Crippen LogP contribution is 2.29. The lowest BCUT2D eigenvalue weighted by molar-refractivity contribution is -0.192. The van der Waals surface area contributed by atoms with E-state index in [9.17, 15) is 18.0 Å². The molecule has 1 aliphatic heterocycles. The van der Waals surface area contributed by atoms with Crippen LogP contribution in [0.5, 0.6) is 0 Å². The van der Waals surface area contributed by atoms with Crippen LogP contribution in [0.1, 0.15) is 42.9 Å². The molecule has 5 nitrogen and oxygen atoms in total. The number of carboxylic acid groups (broad SMARTS) is 1. The number of halogens is 3. The van der Waals surface area contributed by atoms with Crippen LogP contribution in [0, 0.1) is 0 Å². The van der Waals surface area contributed by atoms with Crippen molar-refractivity contribution in [2.75, 3.05) is 6.54 Å². The summed E-state index contributed by atoms with van der Waals surface area (Å²) in [7, 11) is 0. The lowest BCUT2D eigenvalue weighted by Gasteiger charge is -2.27. The molecule has 0 spiro atoms. The van der Waals surface area contributed by atoms with E-state index in [-0.39, 0.29) is 18.0 Å². The Morgan fingerprint density at radius 2 is 1.84 bits per heavy atom. The van der Waals surface area contributed by atoms with Crippen molar-refractivity contribution in [2.24, 2.45) is 0 Å². The molecule has 1 aromatic rings. The molecule has 0 bridgehead atoms. The Balaban J connectivity index is 0.000000277. The third-order valence-electron chi connectivity index (χ3n) is 4.31. The van der Waals surface area contributed by atoms with Crippen molar-refractivity contribution in [3.8, 4) is 0 Å². The first-order valence-corrected chi connectivity index (χ1v) is 8.20.